The SMILES string of the molecule is CCCCOCc1cccnc1. The quantitative estimate of drug-likeness (QED) is 0.625. The van der Waals surface area contributed by atoms with Crippen LogP contribution < -0.4 is 0 Å². The molecule has 0 saturated carbocycles. The van der Waals surface area contributed by atoms with Crippen molar-refractivity contribution in [1.82, 2.24) is 4.98 Å². The third-order valence-corrected chi connectivity index (χ3v) is 1.63. The third kappa shape index (κ3) is 3.49. The monoisotopic (exact) mass is 165 g/mol. The van der Waals surface area contributed by atoms with Gasteiger partial charge in [-0.25, -0.2) is 0 Å². The van der Waals surface area contributed by atoms with Crippen molar-refractivity contribution in [3.8, 4) is 0 Å². The zero-order valence-corrected chi connectivity index (χ0v) is 7.49. The lowest BCUT2D eigenvalue weighted by atomic mass is 10.3. The fraction of sp³-hybridized carbons (Fsp3) is 0.500. The van der Waals surface area contributed by atoms with Crippen LogP contribution in [0, 0.1) is 0 Å². The summed E-state index contributed by atoms with van der Waals surface area (Å²) < 4.78 is 5.42. The second kappa shape index (κ2) is 5.72. The summed E-state index contributed by atoms with van der Waals surface area (Å²) in [6.45, 7) is 3.70. The topological polar surface area (TPSA) is 22.1 Å². The molecular formula is C10H15NO. The smallest absolute Gasteiger partial charge is 0.0731 e. The van der Waals surface area contributed by atoms with Crippen LogP contribution in [0.5, 0.6) is 0 Å². The van der Waals surface area contributed by atoms with Crippen molar-refractivity contribution in [2.75, 3.05) is 6.61 Å². The maximum Gasteiger partial charge on any atom is 0.0731 e. The van der Waals surface area contributed by atoms with Crippen LogP contribution in [-0.2, 0) is 11.3 Å². The van der Waals surface area contributed by atoms with Crippen molar-refractivity contribution in [1.29, 1.82) is 0 Å². The van der Waals surface area contributed by atoms with E-state index in [1.165, 1.54) is 6.42 Å². The lowest BCUT2D eigenvalue weighted by Crippen LogP contribution is -1.94. The molecule has 0 aliphatic rings. The van der Waals surface area contributed by atoms with Gasteiger partial charge in [-0.1, -0.05) is 19.4 Å². The van der Waals surface area contributed by atoms with E-state index in [2.05, 4.69) is 11.9 Å². The Morgan fingerprint density at radius 1 is 1.50 bits per heavy atom. The van der Waals surface area contributed by atoms with E-state index in [-0.39, 0.29) is 0 Å². The Morgan fingerprint density at radius 2 is 2.42 bits per heavy atom. The van der Waals surface area contributed by atoms with Gasteiger partial charge >= 0.3 is 0 Å². The molecule has 0 atom stereocenters. The molecule has 0 N–H and O–H groups in total. The molecule has 0 fully saturated rings. The molecule has 2 heteroatoms. The molecule has 0 saturated heterocycles. The van der Waals surface area contributed by atoms with Crippen LogP contribution in [0.2, 0.25) is 0 Å². The number of ether oxygens (including phenoxy) is 1. The second-order valence-electron chi connectivity index (χ2n) is 2.77. The molecule has 0 aliphatic heterocycles. The zero-order valence-electron chi connectivity index (χ0n) is 7.49. The largest absolute Gasteiger partial charge is 0.377 e. The minimum atomic E-state index is 0.688. The highest BCUT2D eigenvalue weighted by molar-refractivity contribution is 5.06. The summed E-state index contributed by atoms with van der Waals surface area (Å²) >= 11 is 0. The highest BCUT2D eigenvalue weighted by Gasteiger charge is 1.90. The van der Waals surface area contributed by atoms with E-state index in [9.17, 15) is 0 Å². The van der Waals surface area contributed by atoms with E-state index in [0.29, 0.717) is 6.61 Å². The first kappa shape index (κ1) is 9.20. The maximum absolute atomic E-state index is 5.42. The van der Waals surface area contributed by atoms with E-state index >= 15 is 0 Å². The molecule has 2 nitrogen and oxygen atoms in total. The van der Waals surface area contributed by atoms with Crippen molar-refractivity contribution in [3.63, 3.8) is 0 Å². The van der Waals surface area contributed by atoms with E-state index < -0.39 is 0 Å². The van der Waals surface area contributed by atoms with Gasteiger partial charge < -0.3 is 4.74 Å². The van der Waals surface area contributed by atoms with Gasteiger partial charge in [0.15, 0.2) is 0 Å². The molecular weight excluding hydrogens is 150 g/mol. The van der Waals surface area contributed by atoms with Gasteiger partial charge in [0, 0.05) is 19.0 Å². The Kier molecular flexibility index (Phi) is 4.39. The Morgan fingerprint density at radius 3 is 3.08 bits per heavy atom. The summed E-state index contributed by atoms with van der Waals surface area (Å²) in [4.78, 5) is 4.00. The van der Waals surface area contributed by atoms with Crippen molar-refractivity contribution in [2.45, 2.75) is 26.4 Å². The number of hydrogen-bond donors (Lipinski definition) is 0. The summed E-state index contributed by atoms with van der Waals surface area (Å²) in [5, 5.41) is 0. The highest BCUT2D eigenvalue weighted by atomic mass is 16.5. The van der Waals surface area contributed by atoms with Crippen LogP contribution in [-0.4, -0.2) is 11.6 Å². The molecule has 0 bridgehead atoms. The van der Waals surface area contributed by atoms with Gasteiger partial charge in [0.1, 0.15) is 0 Å². The first-order chi connectivity index (χ1) is 5.93. The van der Waals surface area contributed by atoms with Gasteiger partial charge in [-0.15, -0.1) is 0 Å². The molecule has 1 aromatic rings. The molecule has 0 aliphatic carbocycles. The lowest BCUT2D eigenvalue weighted by Gasteiger charge is -2.01. The van der Waals surface area contributed by atoms with Crippen LogP contribution in [0.15, 0.2) is 24.5 Å². The van der Waals surface area contributed by atoms with Crippen LogP contribution in [0.4, 0.5) is 0 Å². The van der Waals surface area contributed by atoms with E-state index in [1.807, 2.05) is 18.3 Å². The summed E-state index contributed by atoms with van der Waals surface area (Å²) in [7, 11) is 0. The maximum atomic E-state index is 5.42. The Hall–Kier alpha value is -0.890. The van der Waals surface area contributed by atoms with Gasteiger partial charge in [0.25, 0.3) is 0 Å². The Bertz CT molecular complexity index is 198. The normalized spacial score (nSPS) is 10.1. The predicted molar refractivity (Wildman–Crippen MR) is 48.8 cm³/mol. The molecule has 1 aromatic heterocycles. The Labute approximate surface area is 73.6 Å². The molecule has 0 spiro atoms. The number of nitrogens with zero attached hydrogens (tertiary/aromatic N) is 1. The second-order valence-corrected chi connectivity index (χ2v) is 2.77. The van der Waals surface area contributed by atoms with Crippen LogP contribution in [0.1, 0.15) is 25.3 Å². The minimum Gasteiger partial charge on any atom is -0.377 e. The van der Waals surface area contributed by atoms with Crippen molar-refractivity contribution < 1.29 is 4.74 Å². The van der Waals surface area contributed by atoms with E-state index in [1.54, 1.807) is 6.20 Å². The molecule has 0 unspecified atom stereocenters. The van der Waals surface area contributed by atoms with Gasteiger partial charge in [0.05, 0.1) is 6.61 Å². The fourth-order valence-electron chi connectivity index (χ4n) is 0.920. The van der Waals surface area contributed by atoms with Crippen LogP contribution >= 0.6 is 0 Å². The standard InChI is InChI=1S/C10H15NO/c1-2-3-7-12-9-10-5-4-6-11-8-10/h4-6,8H,2-3,7,9H2,1H3. The van der Waals surface area contributed by atoms with Crippen LogP contribution in [0.25, 0.3) is 0 Å². The Balaban J connectivity index is 2.16. The summed E-state index contributed by atoms with van der Waals surface area (Å²) in [6, 6.07) is 3.96. The average molecular weight is 165 g/mol. The van der Waals surface area contributed by atoms with Gasteiger partial charge in [-0.2, -0.15) is 0 Å². The van der Waals surface area contributed by atoms with Crippen molar-refractivity contribution >= 4 is 0 Å². The first-order valence-corrected chi connectivity index (χ1v) is 4.40. The number of aromatic nitrogens is 1. The van der Waals surface area contributed by atoms with E-state index in [0.717, 1.165) is 18.6 Å². The molecule has 0 aromatic carbocycles. The summed E-state index contributed by atoms with van der Waals surface area (Å²) in [5.41, 5.74) is 1.15. The third-order valence-electron chi connectivity index (χ3n) is 1.63. The fourth-order valence-corrected chi connectivity index (χ4v) is 0.920. The molecule has 0 radical (unpaired) electrons. The predicted octanol–water partition coefficient (Wildman–Crippen LogP) is 2.40. The van der Waals surface area contributed by atoms with Gasteiger partial charge in [-0.3, -0.25) is 4.98 Å². The average Bonchev–Trinajstić information content (AvgIpc) is 2.14. The highest BCUT2D eigenvalue weighted by Crippen LogP contribution is 1.99. The van der Waals surface area contributed by atoms with E-state index in [4.69, 9.17) is 4.74 Å². The minimum absolute atomic E-state index is 0.688. The molecule has 1 rings (SSSR count). The van der Waals surface area contributed by atoms with Gasteiger partial charge in [0.2, 0.25) is 0 Å². The van der Waals surface area contributed by atoms with Crippen molar-refractivity contribution in [3.05, 3.63) is 30.1 Å². The number of pyridine rings is 1. The lowest BCUT2D eigenvalue weighted by molar-refractivity contribution is 0.118. The molecule has 12 heavy (non-hydrogen) atoms. The van der Waals surface area contributed by atoms with Crippen LogP contribution in [0.3, 0.4) is 0 Å². The van der Waals surface area contributed by atoms with Crippen molar-refractivity contribution in [2.24, 2.45) is 0 Å². The zero-order chi connectivity index (χ0) is 8.65. The van der Waals surface area contributed by atoms with Gasteiger partial charge in [-0.05, 0) is 18.1 Å². The summed E-state index contributed by atoms with van der Waals surface area (Å²) in [6.07, 6.45) is 5.94. The number of rotatable bonds is 5. The first-order valence-electron chi connectivity index (χ1n) is 4.40. The molecule has 0 amide bonds. The molecule has 66 valence electrons. The summed E-state index contributed by atoms with van der Waals surface area (Å²) in [5.74, 6) is 0. The number of hydrogen-bond acceptors (Lipinski definition) is 2. The number of unbranched alkanes of at least 4 members (excludes halogenated alkanes) is 1. The molecule has 1 heterocycles.